The van der Waals surface area contributed by atoms with Gasteiger partial charge >= 0.3 is 0 Å². The zero-order chi connectivity index (χ0) is 13.0. The highest BCUT2D eigenvalue weighted by Gasteiger charge is 2.21. The molecule has 2 rings (SSSR count). The molecular weight excluding hydrogens is 224 g/mol. The van der Waals surface area contributed by atoms with Gasteiger partial charge in [0, 0.05) is 12.6 Å². The van der Waals surface area contributed by atoms with Crippen LogP contribution in [0.3, 0.4) is 0 Å². The van der Waals surface area contributed by atoms with E-state index in [1.165, 1.54) is 24.0 Å². The van der Waals surface area contributed by atoms with Crippen LogP contribution in [0.1, 0.15) is 36.9 Å². The average Bonchev–Trinajstić information content (AvgIpc) is 3.18. The molecule has 0 unspecified atom stereocenters. The number of nitrogens with one attached hydrogen (secondary N) is 2. The number of benzene rings is 1. The van der Waals surface area contributed by atoms with E-state index in [1.807, 2.05) is 12.1 Å². The van der Waals surface area contributed by atoms with Crippen LogP contribution in [0.15, 0.2) is 24.3 Å². The van der Waals surface area contributed by atoms with E-state index in [2.05, 4.69) is 36.6 Å². The fourth-order valence-electron chi connectivity index (χ4n) is 2.07. The Balaban J connectivity index is 1.75. The lowest BCUT2D eigenvalue weighted by molar-refractivity contribution is -0.120. The highest BCUT2D eigenvalue weighted by atomic mass is 16.1. The maximum absolute atomic E-state index is 11.6. The molecule has 1 aromatic carbocycles. The number of aryl methyl sites for hydroxylation is 1. The quantitative estimate of drug-likeness (QED) is 0.807. The van der Waals surface area contributed by atoms with Gasteiger partial charge < -0.3 is 10.6 Å². The monoisotopic (exact) mass is 246 g/mol. The molecule has 1 aliphatic carbocycles. The third-order valence-corrected chi connectivity index (χ3v) is 3.51. The van der Waals surface area contributed by atoms with Crippen molar-refractivity contribution in [1.82, 2.24) is 10.6 Å². The van der Waals surface area contributed by atoms with Crippen LogP contribution >= 0.6 is 0 Å². The molecule has 0 spiro atoms. The molecule has 0 radical (unpaired) electrons. The van der Waals surface area contributed by atoms with Crippen molar-refractivity contribution in [3.63, 3.8) is 0 Å². The number of rotatable bonds is 6. The minimum Gasteiger partial charge on any atom is -0.355 e. The van der Waals surface area contributed by atoms with Gasteiger partial charge in [-0.2, -0.15) is 0 Å². The van der Waals surface area contributed by atoms with Gasteiger partial charge in [0.05, 0.1) is 6.54 Å². The number of hydrogen-bond donors (Lipinski definition) is 2. The Kier molecular flexibility index (Phi) is 4.37. The van der Waals surface area contributed by atoms with Crippen LogP contribution in [-0.4, -0.2) is 19.0 Å². The first kappa shape index (κ1) is 13.1. The van der Waals surface area contributed by atoms with Gasteiger partial charge in [-0.1, -0.05) is 24.3 Å². The van der Waals surface area contributed by atoms with E-state index in [9.17, 15) is 4.79 Å². The van der Waals surface area contributed by atoms with Crippen LogP contribution in [0, 0.1) is 12.8 Å². The van der Waals surface area contributed by atoms with Crippen molar-refractivity contribution in [1.29, 1.82) is 0 Å². The summed E-state index contributed by atoms with van der Waals surface area (Å²) in [5, 5.41) is 6.24. The van der Waals surface area contributed by atoms with E-state index < -0.39 is 0 Å². The van der Waals surface area contributed by atoms with Gasteiger partial charge in [0.1, 0.15) is 0 Å². The Morgan fingerprint density at radius 1 is 1.39 bits per heavy atom. The normalized spacial score (nSPS) is 16.3. The highest BCUT2D eigenvalue weighted by Crippen LogP contribution is 2.27. The summed E-state index contributed by atoms with van der Waals surface area (Å²) in [5.74, 6) is 0.838. The Labute approximate surface area is 109 Å². The minimum absolute atomic E-state index is 0.0994. The number of carbonyl (C=O) groups is 1. The molecule has 1 amide bonds. The third kappa shape index (κ3) is 3.84. The van der Waals surface area contributed by atoms with E-state index in [0.717, 1.165) is 12.5 Å². The average molecular weight is 246 g/mol. The van der Waals surface area contributed by atoms with Crippen LogP contribution < -0.4 is 10.6 Å². The van der Waals surface area contributed by atoms with Crippen LogP contribution in [0.4, 0.5) is 0 Å². The van der Waals surface area contributed by atoms with Crippen molar-refractivity contribution >= 4 is 5.91 Å². The van der Waals surface area contributed by atoms with Crippen molar-refractivity contribution in [3.8, 4) is 0 Å². The zero-order valence-corrected chi connectivity index (χ0v) is 11.2. The van der Waals surface area contributed by atoms with Crippen molar-refractivity contribution in [2.75, 3.05) is 13.1 Å². The fraction of sp³-hybridized carbons (Fsp3) is 0.533. The Bertz CT molecular complexity index is 413. The molecule has 0 bridgehead atoms. The van der Waals surface area contributed by atoms with Crippen molar-refractivity contribution in [3.05, 3.63) is 35.4 Å². The lowest BCUT2D eigenvalue weighted by Crippen LogP contribution is -2.36. The second-order valence-corrected chi connectivity index (χ2v) is 5.21. The summed E-state index contributed by atoms with van der Waals surface area (Å²) in [4.78, 5) is 11.6. The van der Waals surface area contributed by atoms with E-state index in [4.69, 9.17) is 0 Å². The van der Waals surface area contributed by atoms with Gasteiger partial charge in [-0.05, 0) is 43.7 Å². The second-order valence-electron chi connectivity index (χ2n) is 5.21. The first-order chi connectivity index (χ1) is 8.66. The summed E-state index contributed by atoms with van der Waals surface area (Å²) in [6.45, 7) is 5.43. The molecule has 1 atom stereocenters. The smallest absolute Gasteiger partial charge is 0.233 e. The van der Waals surface area contributed by atoms with Gasteiger partial charge in [-0.15, -0.1) is 0 Å². The van der Waals surface area contributed by atoms with Crippen molar-refractivity contribution < 1.29 is 4.79 Å². The topological polar surface area (TPSA) is 41.1 Å². The van der Waals surface area contributed by atoms with E-state index in [1.54, 1.807) is 0 Å². The molecular formula is C15H22N2O. The molecule has 0 aromatic heterocycles. The predicted octanol–water partition coefficient (Wildman–Crippen LogP) is 2.17. The molecule has 2 N–H and O–H groups in total. The highest BCUT2D eigenvalue weighted by molar-refractivity contribution is 5.78. The summed E-state index contributed by atoms with van der Waals surface area (Å²) in [7, 11) is 0. The largest absolute Gasteiger partial charge is 0.355 e. The Morgan fingerprint density at radius 2 is 2.11 bits per heavy atom. The molecule has 1 fully saturated rings. The standard InChI is InChI=1S/C15H22N2O/c1-11-5-3-4-6-14(11)12(2)16-10-15(18)17-9-13-7-8-13/h3-6,12-13,16H,7-10H2,1-2H3,(H,17,18)/t12-/m1/s1. The van der Waals surface area contributed by atoms with Gasteiger partial charge in [-0.25, -0.2) is 0 Å². The van der Waals surface area contributed by atoms with Gasteiger partial charge in [-0.3, -0.25) is 4.79 Å². The van der Waals surface area contributed by atoms with Gasteiger partial charge in [0.25, 0.3) is 0 Å². The van der Waals surface area contributed by atoms with Crippen LogP contribution in [0.2, 0.25) is 0 Å². The van der Waals surface area contributed by atoms with Crippen LogP contribution in [-0.2, 0) is 4.79 Å². The summed E-state index contributed by atoms with van der Waals surface area (Å²) < 4.78 is 0. The molecule has 3 heteroatoms. The third-order valence-electron chi connectivity index (χ3n) is 3.51. The summed E-state index contributed by atoms with van der Waals surface area (Å²) in [6.07, 6.45) is 2.54. The Morgan fingerprint density at radius 3 is 2.78 bits per heavy atom. The van der Waals surface area contributed by atoms with Gasteiger partial charge in [0.2, 0.25) is 5.91 Å². The number of hydrogen-bond acceptors (Lipinski definition) is 2. The molecule has 1 aliphatic rings. The van der Waals surface area contributed by atoms with Gasteiger partial charge in [0.15, 0.2) is 0 Å². The molecule has 1 saturated carbocycles. The molecule has 0 heterocycles. The fourth-order valence-corrected chi connectivity index (χ4v) is 2.07. The van der Waals surface area contributed by atoms with Crippen LogP contribution in [0.5, 0.6) is 0 Å². The zero-order valence-electron chi connectivity index (χ0n) is 11.2. The van der Waals surface area contributed by atoms with Crippen molar-refractivity contribution in [2.24, 2.45) is 5.92 Å². The van der Waals surface area contributed by atoms with E-state index in [-0.39, 0.29) is 11.9 Å². The summed E-state index contributed by atoms with van der Waals surface area (Å²) in [6, 6.07) is 8.48. The summed E-state index contributed by atoms with van der Waals surface area (Å²) >= 11 is 0. The molecule has 0 aliphatic heterocycles. The first-order valence-electron chi connectivity index (χ1n) is 6.72. The molecule has 1 aromatic rings. The molecule has 3 nitrogen and oxygen atoms in total. The second kappa shape index (κ2) is 6.01. The van der Waals surface area contributed by atoms with E-state index in [0.29, 0.717) is 6.54 Å². The molecule has 18 heavy (non-hydrogen) atoms. The number of carbonyl (C=O) groups excluding carboxylic acids is 1. The Hall–Kier alpha value is -1.35. The maximum Gasteiger partial charge on any atom is 0.233 e. The predicted molar refractivity (Wildman–Crippen MR) is 73.3 cm³/mol. The van der Waals surface area contributed by atoms with Crippen molar-refractivity contribution in [2.45, 2.75) is 32.7 Å². The lowest BCUT2D eigenvalue weighted by Gasteiger charge is -2.16. The summed E-state index contributed by atoms with van der Waals surface area (Å²) in [5.41, 5.74) is 2.52. The first-order valence-corrected chi connectivity index (χ1v) is 6.72. The van der Waals surface area contributed by atoms with E-state index >= 15 is 0 Å². The maximum atomic E-state index is 11.6. The SMILES string of the molecule is Cc1ccccc1[C@@H](C)NCC(=O)NCC1CC1. The van der Waals surface area contributed by atoms with Crippen LogP contribution in [0.25, 0.3) is 0 Å². The molecule has 0 saturated heterocycles. The minimum atomic E-state index is 0.0994. The lowest BCUT2D eigenvalue weighted by atomic mass is 10.0. The molecule has 98 valence electrons. The number of amides is 1.